The Balaban J connectivity index is 2.29. The summed E-state index contributed by atoms with van der Waals surface area (Å²) in [6, 6.07) is -0.0373. The van der Waals surface area contributed by atoms with E-state index in [9.17, 15) is 4.79 Å². The smallest absolute Gasteiger partial charge is 0.293 e. The SMILES string of the molecule is Cc1cnc(C(C)Nc2nccn(C(C)(C)C)c2=O)s1. The number of nitrogens with zero attached hydrogens (tertiary/aromatic N) is 3. The van der Waals surface area contributed by atoms with Gasteiger partial charge in [-0.1, -0.05) is 0 Å². The van der Waals surface area contributed by atoms with Crippen LogP contribution in [-0.4, -0.2) is 14.5 Å². The lowest BCUT2D eigenvalue weighted by atomic mass is 10.1. The van der Waals surface area contributed by atoms with Gasteiger partial charge in [0, 0.05) is 29.0 Å². The third kappa shape index (κ3) is 3.07. The molecule has 5 nitrogen and oxygen atoms in total. The Morgan fingerprint density at radius 2 is 2.05 bits per heavy atom. The van der Waals surface area contributed by atoms with Gasteiger partial charge < -0.3 is 9.88 Å². The van der Waals surface area contributed by atoms with E-state index in [1.807, 2.05) is 40.8 Å². The van der Waals surface area contributed by atoms with Crippen molar-refractivity contribution in [1.82, 2.24) is 14.5 Å². The van der Waals surface area contributed by atoms with Gasteiger partial charge in [0.1, 0.15) is 5.01 Å². The van der Waals surface area contributed by atoms with Crippen LogP contribution in [0.4, 0.5) is 5.82 Å². The minimum absolute atomic E-state index is 0.0373. The highest BCUT2D eigenvalue weighted by atomic mass is 32.1. The maximum Gasteiger partial charge on any atom is 0.293 e. The molecule has 6 heteroatoms. The average Bonchev–Trinajstić information content (AvgIpc) is 2.77. The van der Waals surface area contributed by atoms with Gasteiger partial charge in [0.2, 0.25) is 0 Å². The van der Waals surface area contributed by atoms with Crippen molar-refractivity contribution in [2.24, 2.45) is 0 Å². The van der Waals surface area contributed by atoms with E-state index in [0.29, 0.717) is 5.82 Å². The van der Waals surface area contributed by atoms with Crippen molar-refractivity contribution in [3.8, 4) is 0 Å². The number of hydrogen-bond donors (Lipinski definition) is 1. The van der Waals surface area contributed by atoms with Crippen LogP contribution in [0.15, 0.2) is 23.4 Å². The summed E-state index contributed by atoms with van der Waals surface area (Å²) in [4.78, 5) is 22.1. The van der Waals surface area contributed by atoms with Crippen LogP contribution in [0.5, 0.6) is 0 Å². The molecule has 0 aliphatic heterocycles. The number of aryl methyl sites for hydroxylation is 1. The Labute approximate surface area is 122 Å². The summed E-state index contributed by atoms with van der Waals surface area (Å²) in [5.74, 6) is 0.364. The first-order chi connectivity index (χ1) is 9.29. The lowest BCUT2D eigenvalue weighted by Crippen LogP contribution is -2.35. The number of aromatic nitrogens is 3. The summed E-state index contributed by atoms with van der Waals surface area (Å²) >= 11 is 1.62. The zero-order valence-corrected chi connectivity index (χ0v) is 13.3. The van der Waals surface area contributed by atoms with Crippen LogP contribution in [0.3, 0.4) is 0 Å². The van der Waals surface area contributed by atoms with E-state index in [4.69, 9.17) is 0 Å². The number of nitrogens with one attached hydrogen (secondary N) is 1. The van der Waals surface area contributed by atoms with Crippen LogP contribution >= 0.6 is 11.3 Å². The van der Waals surface area contributed by atoms with Crippen LogP contribution in [0.25, 0.3) is 0 Å². The Kier molecular flexibility index (Phi) is 3.94. The maximum atomic E-state index is 12.4. The third-order valence-corrected chi connectivity index (χ3v) is 4.02. The molecule has 1 unspecified atom stereocenters. The van der Waals surface area contributed by atoms with Crippen molar-refractivity contribution in [2.45, 2.75) is 46.2 Å². The van der Waals surface area contributed by atoms with Gasteiger partial charge in [-0.15, -0.1) is 11.3 Å². The number of anilines is 1. The number of thiazole rings is 1. The summed E-state index contributed by atoms with van der Waals surface area (Å²) in [6.07, 6.45) is 5.20. The van der Waals surface area contributed by atoms with Crippen molar-refractivity contribution in [3.05, 3.63) is 38.8 Å². The molecule has 0 amide bonds. The van der Waals surface area contributed by atoms with Crippen LogP contribution in [-0.2, 0) is 5.54 Å². The van der Waals surface area contributed by atoms with E-state index in [0.717, 1.165) is 9.88 Å². The molecule has 0 bridgehead atoms. The first-order valence-corrected chi connectivity index (χ1v) is 7.37. The second-order valence-electron chi connectivity index (χ2n) is 5.80. The molecule has 0 saturated carbocycles. The minimum atomic E-state index is -0.266. The zero-order valence-electron chi connectivity index (χ0n) is 12.5. The molecule has 0 spiro atoms. The largest absolute Gasteiger partial charge is 0.357 e. The first kappa shape index (κ1) is 14.7. The Hall–Kier alpha value is -1.69. The van der Waals surface area contributed by atoms with Gasteiger partial charge in [0.05, 0.1) is 6.04 Å². The minimum Gasteiger partial charge on any atom is -0.357 e. The molecule has 0 aliphatic rings. The number of rotatable bonds is 3. The molecule has 2 heterocycles. The monoisotopic (exact) mass is 292 g/mol. The molecular weight excluding hydrogens is 272 g/mol. The van der Waals surface area contributed by atoms with Crippen molar-refractivity contribution in [3.63, 3.8) is 0 Å². The van der Waals surface area contributed by atoms with Crippen molar-refractivity contribution in [1.29, 1.82) is 0 Å². The van der Waals surface area contributed by atoms with E-state index in [1.165, 1.54) is 0 Å². The lowest BCUT2D eigenvalue weighted by molar-refractivity contribution is 0.383. The van der Waals surface area contributed by atoms with Crippen LogP contribution in [0, 0.1) is 6.92 Å². The van der Waals surface area contributed by atoms with E-state index in [2.05, 4.69) is 15.3 Å². The van der Waals surface area contributed by atoms with Gasteiger partial charge >= 0.3 is 0 Å². The van der Waals surface area contributed by atoms with Crippen LogP contribution < -0.4 is 10.9 Å². The molecule has 2 aromatic rings. The van der Waals surface area contributed by atoms with E-state index < -0.39 is 0 Å². The highest BCUT2D eigenvalue weighted by molar-refractivity contribution is 7.11. The van der Waals surface area contributed by atoms with Gasteiger partial charge in [-0.05, 0) is 34.6 Å². The molecule has 0 aliphatic carbocycles. The van der Waals surface area contributed by atoms with Crippen molar-refractivity contribution in [2.75, 3.05) is 5.32 Å². The van der Waals surface area contributed by atoms with Gasteiger partial charge in [-0.25, -0.2) is 9.97 Å². The summed E-state index contributed by atoms with van der Waals surface area (Å²) in [5, 5.41) is 4.11. The molecule has 1 atom stereocenters. The van der Waals surface area contributed by atoms with Crippen LogP contribution in [0.2, 0.25) is 0 Å². The molecule has 2 aromatic heterocycles. The Morgan fingerprint density at radius 3 is 2.60 bits per heavy atom. The molecule has 0 radical (unpaired) electrons. The molecule has 0 saturated heterocycles. The van der Waals surface area contributed by atoms with E-state index in [-0.39, 0.29) is 17.1 Å². The molecular formula is C14H20N4OS. The second kappa shape index (κ2) is 5.36. The fourth-order valence-electron chi connectivity index (χ4n) is 1.88. The molecule has 20 heavy (non-hydrogen) atoms. The lowest BCUT2D eigenvalue weighted by Gasteiger charge is -2.23. The summed E-state index contributed by atoms with van der Waals surface area (Å²) < 4.78 is 1.68. The van der Waals surface area contributed by atoms with Gasteiger partial charge in [0.25, 0.3) is 5.56 Å². The second-order valence-corrected chi connectivity index (χ2v) is 7.06. The zero-order chi connectivity index (χ0) is 14.9. The van der Waals surface area contributed by atoms with Crippen molar-refractivity contribution >= 4 is 17.2 Å². The summed E-state index contributed by atoms with van der Waals surface area (Å²) in [6.45, 7) is 9.97. The fourth-order valence-corrected chi connectivity index (χ4v) is 2.65. The predicted octanol–water partition coefficient (Wildman–Crippen LogP) is 2.94. The van der Waals surface area contributed by atoms with Gasteiger partial charge in [0.15, 0.2) is 5.82 Å². The Morgan fingerprint density at radius 1 is 1.35 bits per heavy atom. The molecule has 2 rings (SSSR count). The average molecular weight is 292 g/mol. The summed E-state index contributed by atoms with van der Waals surface area (Å²) in [7, 11) is 0. The quantitative estimate of drug-likeness (QED) is 0.945. The van der Waals surface area contributed by atoms with E-state index >= 15 is 0 Å². The summed E-state index contributed by atoms with van der Waals surface area (Å²) in [5.41, 5.74) is -0.377. The van der Waals surface area contributed by atoms with Gasteiger partial charge in [-0.2, -0.15) is 0 Å². The molecule has 108 valence electrons. The molecule has 0 aromatic carbocycles. The third-order valence-electron chi connectivity index (χ3n) is 2.93. The Bertz CT molecular complexity index is 654. The van der Waals surface area contributed by atoms with Crippen LogP contribution in [0.1, 0.15) is 43.6 Å². The topological polar surface area (TPSA) is 59.8 Å². The number of hydrogen-bond acceptors (Lipinski definition) is 5. The molecule has 1 N–H and O–H groups in total. The predicted molar refractivity (Wildman–Crippen MR) is 82.4 cm³/mol. The standard InChI is InChI=1S/C14H20N4OS/c1-9-8-16-12(20-9)10(2)17-11-13(19)18(7-6-15-11)14(3,4)5/h6-8,10H,1-5H3,(H,15,17). The normalized spacial score (nSPS) is 13.2. The van der Waals surface area contributed by atoms with Crippen molar-refractivity contribution < 1.29 is 0 Å². The highest BCUT2D eigenvalue weighted by Gasteiger charge is 2.18. The first-order valence-electron chi connectivity index (χ1n) is 6.56. The van der Waals surface area contributed by atoms with E-state index in [1.54, 1.807) is 28.3 Å². The molecule has 0 fully saturated rings. The highest BCUT2D eigenvalue weighted by Crippen LogP contribution is 2.21. The fraction of sp³-hybridized carbons (Fsp3) is 0.500. The maximum absolute atomic E-state index is 12.4. The van der Waals surface area contributed by atoms with Gasteiger partial charge in [-0.3, -0.25) is 4.79 Å².